The molecule has 6 nitrogen and oxygen atoms in total. The average molecular weight is 359 g/mol. The van der Waals surface area contributed by atoms with Crippen LogP contribution in [0.25, 0.3) is 0 Å². The van der Waals surface area contributed by atoms with E-state index in [0.717, 1.165) is 6.07 Å². The van der Waals surface area contributed by atoms with E-state index in [1.54, 1.807) is 0 Å². The summed E-state index contributed by atoms with van der Waals surface area (Å²) in [6.07, 6.45) is -2.69. The summed E-state index contributed by atoms with van der Waals surface area (Å²) in [6.45, 7) is 1.51. The van der Waals surface area contributed by atoms with E-state index in [9.17, 15) is 13.6 Å². The number of carbonyl (C=O) groups excluding carboxylic acids is 1. The molecule has 0 aliphatic carbocycles. The van der Waals surface area contributed by atoms with E-state index in [2.05, 4.69) is 5.32 Å². The molecular formula is C17H23F2NO5. The van der Waals surface area contributed by atoms with Crippen LogP contribution < -0.4 is 5.32 Å². The molecule has 2 unspecified atom stereocenters. The van der Waals surface area contributed by atoms with E-state index in [4.69, 9.17) is 18.9 Å². The van der Waals surface area contributed by atoms with Gasteiger partial charge in [-0.05, 0) is 18.6 Å². The number of halogens is 2. The second kappa shape index (κ2) is 8.66. The highest BCUT2D eigenvalue weighted by molar-refractivity contribution is 5.76. The second-order valence-corrected chi connectivity index (χ2v) is 5.82. The summed E-state index contributed by atoms with van der Waals surface area (Å²) >= 11 is 0. The molecule has 1 fully saturated rings. The lowest BCUT2D eigenvalue weighted by atomic mass is 9.99. The van der Waals surface area contributed by atoms with Gasteiger partial charge >= 0.3 is 0 Å². The number of rotatable bonds is 7. The van der Waals surface area contributed by atoms with Gasteiger partial charge in [-0.1, -0.05) is 0 Å². The normalized spacial score (nSPS) is 26.0. The molecule has 0 radical (unpaired) electrons. The molecule has 1 aliphatic heterocycles. The van der Waals surface area contributed by atoms with Gasteiger partial charge in [0.15, 0.2) is 0 Å². The highest BCUT2D eigenvalue weighted by Crippen LogP contribution is 2.38. The Balaban J connectivity index is 2.34. The molecule has 1 saturated heterocycles. The molecule has 0 aromatic heterocycles. The van der Waals surface area contributed by atoms with Gasteiger partial charge in [-0.25, -0.2) is 8.78 Å². The number of nitrogens with one attached hydrogen (secondary N) is 1. The lowest BCUT2D eigenvalue weighted by Crippen LogP contribution is -2.39. The topological polar surface area (TPSA) is 66.0 Å². The van der Waals surface area contributed by atoms with Gasteiger partial charge in [-0.3, -0.25) is 4.79 Å². The molecule has 1 aromatic carbocycles. The predicted octanol–water partition coefficient (Wildman–Crippen LogP) is 1.51. The number of likely N-dealkylation sites (N-methyl/N-ethyl adjacent to an activating group) is 1. The van der Waals surface area contributed by atoms with Crippen LogP contribution >= 0.6 is 0 Å². The Morgan fingerprint density at radius 1 is 1.24 bits per heavy atom. The zero-order valence-electron chi connectivity index (χ0n) is 14.7. The van der Waals surface area contributed by atoms with Gasteiger partial charge in [0.1, 0.15) is 42.7 Å². The van der Waals surface area contributed by atoms with Gasteiger partial charge in [0.05, 0.1) is 6.61 Å². The van der Waals surface area contributed by atoms with E-state index < -0.39 is 36.1 Å². The fraction of sp³-hybridized carbons (Fsp3) is 0.588. The zero-order valence-corrected chi connectivity index (χ0v) is 14.7. The van der Waals surface area contributed by atoms with Gasteiger partial charge in [-0.2, -0.15) is 0 Å². The average Bonchev–Trinajstić information content (AvgIpc) is 2.93. The van der Waals surface area contributed by atoms with Gasteiger partial charge in [0, 0.05) is 32.9 Å². The first-order valence-electron chi connectivity index (χ1n) is 7.87. The van der Waals surface area contributed by atoms with E-state index in [1.807, 2.05) is 0 Å². The van der Waals surface area contributed by atoms with Crippen LogP contribution in [0.5, 0.6) is 0 Å². The van der Waals surface area contributed by atoms with Crippen molar-refractivity contribution in [2.24, 2.45) is 0 Å². The number of benzene rings is 1. The third-order valence-electron chi connectivity index (χ3n) is 4.18. The van der Waals surface area contributed by atoms with Crippen molar-refractivity contribution >= 4 is 5.91 Å². The summed E-state index contributed by atoms with van der Waals surface area (Å²) < 4.78 is 50.0. The summed E-state index contributed by atoms with van der Waals surface area (Å²) in [5, 5.41) is 2.45. The third-order valence-corrected chi connectivity index (χ3v) is 4.18. The molecule has 1 N–H and O–H groups in total. The van der Waals surface area contributed by atoms with Crippen LogP contribution in [0.2, 0.25) is 0 Å². The van der Waals surface area contributed by atoms with Gasteiger partial charge in [0.25, 0.3) is 0 Å². The Kier molecular flexibility index (Phi) is 6.83. The Morgan fingerprint density at radius 3 is 2.56 bits per heavy atom. The number of ether oxygens (including phenoxy) is 4. The van der Waals surface area contributed by atoms with Crippen molar-refractivity contribution in [2.75, 3.05) is 34.5 Å². The maximum Gasteiger partial charge on any atom is 0.245 e. The lowest BCUT2D eigenvalue weighted by molar-refractivity contribution is -0.131. The maximum atomic E-state index is 14.3. The largest absolute Gasteiger partial charge is 0.382 e. The smallest absolute Gasteiger partial charge is 0.245 e. The van der Waals surface area contributed by atoms with Crippen molar-refractivity contribution in [1.29, 1.82) is 0 Å². The van der Waals surface area contributed by atoms with Crippen molar-refractivity contribution in [3.63, 3.8) is 0 Å². The quantitative estimate of drug-likeness (QED) is 0.799. The van der Waals surface area contributed by atoms with Crippen LogP contribution in [0, 0.1) is 18.6 Å². The molecule has 4 atom stereocenters. The summed E-state index contributed by atoms with van der Waals surface area (Å²) in [7, 11) is 4.47. The van der Waals surface area contributed by atoms with Crippen molar-refractivity contribution in [1.82, 2.24) is 5.32 Å². The minimum Gasteiger partial charge on any atom is -0.382 e. The number of carbonyl (C=O) groups is 1. The molecule has 2 rings (SSSR count). The van der Waals surface area contributed by atoms with Gasteiger partial charge in [-0.15, -0.1) is 0 Å². The highest BCUT2D eigenvalue weighted by atomic mass is 19.1. The molecule has 1 aliphatic rings. The summed E-state index contributed by atoms with van der Waals surface area (Å²) in [5.74, 6) is -1.71. The number of amides is 1. The summed E-state index contributed by atoms with van der Waals surface area (Å²) in [6, 6.07) is 2.20. The van der Waals surface area contributed by atoms with Crippen LogP contribution in [-0.4, -0.2) is 58.7 Å². The third kappa shape index (κ3) is 4.33. The zero-order chi connectivity index (χ0) is 18.6. The predicted molar refractivity (Wildman–Crippen MR) is 85.2 cm³/mol. The molecule has 1 amide bonds. The maximum absolute atomic E-state index is 14.3. The molecule has 0 saturated carbocycles. The second-order valence-electron chi connectivity index (χ2n) is 5.82. The number of aryl methyl sites for hydroxylation is 1. The Hall–Kier alpha value is -1.61. The monoisotopic (exact) mass is 359 g/mol. The fourth-order valence-electron chi connectivity index (χ4n) is 2.89. The first-order chi connectivity index (χ1) is 11.9. The van der Waals surface area contributed by atoms with Crippen LogP contribution in [-0.2, 0) is 23.7 Å². The molecule has 8 heteroatoms. The molecule has 0 bridgehead atoms. The Morgan fingerprint density at radius 2 is 1.96 bits per heavy atom. The SMILES string of the molecule is CNC(=O)COC1C(OC)[C@@H](COC)O[C@H]1c1cc(C)c(F)cc1F. The number of methoxy groups -OCH3 is 2. The lowest BCUT2D eigenvalue weighted by Gasteiger charge is -2.23. The van der Waals surface area contributed by atoms with Gasteiger partial charge < -0.3 is 24.3 Å². The van der Waals surface area contributed by atoms with E-state index >= 15 is 0 Å². The van der Waals surface area contributed by atoms with E-state index in [1.165, 1.54) is 34.3 Å². The number of hydrogen-bond donors (Lipinski definition) is 1. The molecule has 140 valence electrons. The molecule has 0 spiro atoms. The van der Waals surface area contributed by atoms with Crippen LogP contribution in [0.4, 0.5) is 8.78 Å². The Bertz CT molecular complexity index is 613. The van der Waals surface area contributed by atoms with Crippen LogP contribution in [0.15, 0.2) is 12.1 Å². The molecular weight excluding hydrogens is 336 g/mol. The van der Waals surface area contributed by atoms with E-state index in [0.29, 0.717) is 0 Å². The minimum atomic E-state index is -0.853. The van der Waals surface area contributed by atoms with Crippen molar-refractivity contribution < 1.29 is 32.5 Å². The summed E-state index contributed by atoms with van der Waals surface area (Å²) in [5.41, 5.74) is 0.440. The fourth-order valence-corrected chi connectivity index (χ4v) is 2.89. The van der Waals surface area contributed by atoms with Crippen molar-refractivity contribution in [2.45, 2.75) is 31.3 Å². The molecule has 1 aromatic rings. The minimum absolute atomic E-state index is 0.154. The molecule has 25 heavy (non-hydrogen) atoms. The van der Waals surface area contributed by atoms with E-state index in [-0.39, 0.29) is 30.2 Å². The number of hydrogen-bond acceptors (Lipinski definition) is 5. The van der Waals surface area contributed by atoms with Gasteiger partial charge in [0.2, 0.25) is 5.91 Å². The standard InChI is InChI=1S/C17H23F2NO5/c1-9-5-10(12(19)6-11(9)18)15-17(24-8-14(21)20-2)16(23-4)13(25-15)7-22-3/h5-6,13,15-17H,7-8H2,1-4H3,(H,20,21)/t13-,15+,16?,17?/m1/s1. The van der Waals surface area contributed by atoms with Crippen molar-refractivity contribution in [3.05, 3.63) is 34.9 Å². The highest BCUT2D eigenvalue weighted by Gasteiger charge is 2.47. The summed E-state index contributed by atoms with van der Waals surface area (Å²) in [4.78, 5) is 11.5. The van der Waals surface area contributed by atoms with Crippen LogP contribution in [0.3, 0.4) is 0 Å². The first-order valence-corrected chi connectivity index (χ1v) is 7.87. The van der Waals surface area contributed by atoms with Crippen molar-refractivity contribution in [3.8, 4) is 0 Å². The Labute approximate surface area is 145 Å². The van der Waals surface area contributed by atoms with Crippen LogP contribution in [0.1, 0.15) is 17.2 Å². The first kappa shape index (κ1) is 19.7. The molecule has 1 heterocycles.